The van der Waals surface area contributed by atoms with Crippen LogP contribution in [0.2, 0.25) is 0 Å². The van der Waals surface area contributed by atoms with E-state index in [9.17, 15) is 8.78 Å². The largest absolute Gasteiger partial charge is 0.497 e. The summed E-state index contributed by atoms with van der Waals surface area (Å²) in [6.07, 6.45) is 1.41. The maximum Gasteiger partial charge on any atom is 0.126 e. The Hall–Kier alpha value is -1.94. The highest BCUT2D eigenvalue weighted by Crippen LogP contribution is 2.41. The summed E-state index contributed by atoms with van der Waals surface area (Å²) in [6.45, 7) is 0. The van der Waals surface area contributed by atoms with E-state index >= 15 is 0 Å². The smallest absolute Gasteiger partial charge is 0.126 e. The molecule has 2 N–H and O–H groups in total. The molecular formula is C16H15F2NO. The molecule has 1 unspecified atom stereocenters. The van der Waals surface area contributed by atoms with Crippen LogP contribution in [-0.4, -0.2) is 7.11 Å². The van der Waals surface area contributed by atoms with Gasteiger partial charge in [0, 0.05) is 6.07 Å². The van der Waals surface area contributed by atoms with Crippen molar-refractivity contribution in [2.24, 2.45) is 5.73 Å². The summed E-state index contributed by atoms with van der Waals surface area (Å²) in [6, 6.07) is 9.14. The number of methoxy groups -OCH3 is 1. The van der Waals surface area contributed by atoms with Crippen LogP contribution in [0.4, 0.5) is 8.78 Å². The highest BCUT2D eigenvalue weighted by Gasteiger charge is 2.37. The molecular weight excluding hydrogens is 260 g/mol. The maximum atomic E-state index is 13.5. The molecule has 0 fully saturated rings. The zero-order valence-electron chi connectivity index (χ0n) is 11.1. The first-order valence-corrected chi connectivity index (χ1v) is 6.46. The number of nitrogens with two attached hydrogens (primary N) is 1. The third-order valence-corrected chi connectivity index (χ3v) is 3.96. The van der Waals surface area contributed by atoms with Gasteiger partial charge in [-0.05, 0) is 53.8 Å². The molecule has 20 heavy (non-hydrogen) atoms. The average molecular weight is 275 g/mol. The molecule has 3 rings (SSSR count). The van der Waals surface area contributed by atoms with Crippen molar-refractivity contribution in [3.8, 4) is 5.75 Å². The number of rotatable bonds is 2. The second-order valence-corrected chi connectivity index (χ2v) is 5.15. The summed E-state index contributed by atoms with van der Waals surface area (Å²) in [7, 11) is 1.58. The van der Waals surface area contributed by atoms with Crippen LogP contribution in [0.25, 0.3) is 0 Å². The SMILES string of the molecule is COc1ccc2c(c1)C(N)(c1cc(F)cc(F)c1)CC2. The van der Waals surface area contributed by atoms with Crippen molar-refractivity contribution in [2.45, 2.75) is 18.4 Å². The van der Waals surface area contributed by atoms with Crippen LogP contribution in [0.3, 0.4) is 0 Å². The van der Waals surface area contributed by atoms with Gasteiger partial charge < -0.3 is 10.5 Å². The summed E-state index contributed by atoms with van der Waals surface area (Å²) in [4.78, 5) is 0. The molecule has 0 saturated carbocycles. The van der Waals surface area contributed by atoms with Crippen LogP contribution < -0.4 is 10.5 Å². The second-order valence-electron chi connectivity index (χ2n) is 5.15. The number of aryl methyl sites for hydroxylation is 1. The quantitative estimate of drug-likeness (QED) is 0.914. The molecule has 2 aromatic rings. The van der Waals surface area contributed by atoms with Gasteiger partial charge in [-0.2, -0.15) is 0 Å². The molecule has 0 aliphatic heterocycles. The Balaban J connectivity index is 2.15. The van der Waals surface area contributed by atoms with E-state index in [1.165, 1.54) is 12.1 Å². The van der Waals surface area contributed by atoms with Gasteiger partial charge in [0.15, 0.2) is 0 Å². The summed E-state index contributed by atoms with van der Waals surface area (Å²) in [5, 5.41) is 0. The first-order chi connectivity index (χ1) is 9.53. The van der Waals surface area contributed by atoms with E-state index in [1.54, 1.807) is 7.11 Å². The lowest BCUT2D eigenvalue weighted by atomic mass is 9.85. The van der Waals surface area contributed by atoms with Gasteiger partial charge in [0.05, 0.1) is 12.6 Å². The molecule has 0 amide bonds. The number of benzene rings is 2. The molecule has 1 atom stereocenters. The van der Waals surface area contributed by atoms with Crippen LogP contribution in [-0.2, 0) is 12.0 Å². The highest BCUT2D eigenvalue weighted by atomic mass is 19.1. The van der Waals surface area contributed by atoms with Crippen LogP contribution >= 0.6 is 0 Å². The molecule has 0 saturated heterocycles. The standard InChI is InChI=1S/C16H15F2NO/c1-20-14-3-2-10-4-5-16(19,15(10)9-14)11-6-12(17)8-13(18)7-11/h2-3,6-9H,4-5,19H2,1H3. The minimum Gasteiger partial charge on any atom is -0.497 e. The van der Waals surface area contributed by atoms with Crippen LogP contribution in [0.5, 0.6) is 5.75 Å². The fraction of sp³-hybridized carbons (Fsp3) is 0.250. The minimum atomic E-state index is -0.868. The zero-order chi connectivity index (χ0) is 14.3. The molecule has 0 bridgehead atoms. The fourth-order valence-electron chi connectivity index (χ4n) is 2.89. The monoisotopic (exact) mass is 275 g/mol. The van der Waals surface area contributed by atoms with Gasteiger partial charge in [-0.1, -0.05) is 6.07 Å². The Kier molecular flexibility index (Phi) is 2.98. The van der Waals surface area contributed by atoms with Gasteiger partial charge in [0.1, 0.15) is 17.4 Å². The first kappa shape index (κ1) is 13.1. The number of ether oxygens (including phenoxy) is 1. The molecule has 0 heterocycles. The molecule has 1 aliphatic rings. The Morgan fingerprint density at radius 2 is 1.80 bits per heavy atom. The predicted molar refractivity (Wildman–Crippen MR) is 72.6 cm³/mol. The molecule has 1 aliphatic carbocycles. The molecule has 0 radical (unpaired) electrons. The van der Waals surface area contributed by atoms with E-state index in [1.807, 2.05) is 18.2 Å². The lowest BCUT2D eigenvalue weighted by molar-refractivity contribution is 0.412. The molecule has 2 aromatic carbocycles. The second kappa shape index (κ2) is 4.56. The lowest BCUT2D eigenvalue weighted by Gasteiger charge is -2.26. The van der Waals surface area contributed by atoms with Crippen molar-refractivity contribution in [3.05, 3.63) is 64.7 Å². The number of hydrogen-bond acceptors (Lipinski definition) is 2. The van der Waals surface area contributed by atoms with Gasteiger partial charge in [-0.3, -0.25) is 0 Å². The van der Waals surface area contributed by atoms with E-state index in [0.29, 0.717) is 17.7 Å². The number of hydrogen-bond donors (Lipinski definition) is 1. The molecule has 2 nitrogen and oxygen atoms in total. The molecule has 0 spiro atoms. The van der Waals surface area contributed by atoms with E-state index in [0.717, 1.165) is 23.6 Å². The van der Waals surface area contributed by atoms with Crippen molar-refractivity contribution < 1.29 is 13.5 Å². The van der Waals surface area contributed by atoms with E-state index < -0.39 is 17.2 Å². The van der Waals surface area contributed by atoms with E-state index in [2.05, 4.69) is 0 Å². The van der Waals surface area contributed by atoms with Gasteiger partial charge >= 0.3 is 0 Å². The first-order valence-electron chi connectivity index (χ1n) is 6.46. The molecule has 104 valence electrons. The van der Waals surface area contributed by atoms with Gasteiger partial charge in [-0.15, -0.1) is 0 Å². The van der Waals surface area contributed by atoms with Crippen molar-refractivity contribution >= 4 is 0 Å². The number of fused-ring (bicyclic) bond motifs is 1. The van der Waals surface area contributed by atoms with Gasteiger partial charge in [0.2, 0.25) is 0 Å². The Morgan fingerprint density at radius 3 is 2.45 bits per heavy atom. The average Bonchev–Trinajstić information content (AvgIpc) is 2.76. The number of halogens is 2. The maximum absolute atomic E-state index is 13.5. The van der Waals surface area contributed by atoms with Gasteiger partial charge in [-0.25, -0.2) is 8.78 Å². The summed E-state index contributed by atoms with van der Waals surface area (Å²) in [5.74, 6) is -0.528. The molecule has 4 heteroatoms. The normalized spacial score (nSPS) is 20.8. The Labute approximate surface area is 116 Å². The van der Waals surface area contributed by atoms with Crippen LogP contribution in [0.15, 0.2) is 36.4 Å². The Morgan fingerprint density at radius 1 is 1.10 bits per heavy atom. The third-order valence-electron chi connectivity index (χ3n) is 3.96. The van der Waals surface area contributed by atoms with Crippen LogP contribution in [0, 0.1) is 11.6 Å². The van der Waals surface area contributed by atoms with Crippen LogP contribution in [0.1, 0.15) is 23.1 Å². The van der Waals surface area contributed by atoms with Crippen molar-refractivity contribution in [2.75, 3.05) is 7.11 Å². The minimum absolute atomic E-state index is 0.460. The molecule has 0 aromatic heterocycles. The summed E-state index contributed by atoms with van der Waals surface area (Å²) in [5.41, 5.74) is 8.03. The fourth-order valence-corrected chi connectivity index (χ4v) is 2.89. The lowest BCUT2D eigenvalue weighted by Crippen LogP contribution is -2.35. The van der Waals surface area contributed by atoms with E-state index in [-0.39, 0.29) is 0 Å². The predicted octanol–water partition coefficient (Wildman–Crippen LogP) is 3.12. The Bertz CT molecular complexity index is 651. The third kappa shape index (κ3) is 1.96. The van der Waals surface area contributed by atoms with Crippen molar-refractivity contribution in [1.29, 1.82) is 0 Å². The highest BCUT2D eigenvalue weighted by molar-refractivity contribution is 5.49. The summed E-state index contributed by atoms with van der Waals surface area (Å²) < 4.78 is 32.1. The topological polar surface area (TPSA) is 35.2 Å². The van der Waals surface area contributed by atoms with Gasteiger partial charge in [0.25, 0.3) is 0 Å². The van der Waals surface area contributed by atoms with E-state index in [4.69, 9.17) is 10.5 Å². The zero-order valence-corrected chi connectivity index (χ0v) is 11.1. The van der Waals surface area contributed by atoms with Crippen molar-refractivity contribution in [3.63, 3.8) is 0 Å². The van der Waals surface area contributed by atoms with Crippen molar-refractivity contribution in [1.82, 2.24) is 0 Å². The summed E-state index contributed by atoms with van der Waals surface area (Å²) >= 11 is 0.